The van der Waals surface area contributed by atoms with E-state index in [1.807, 2.05) is 30.3 Å². The van der Waals surface area contributed by atoms with Gasteiger partial charge in [-0.25, -0.2) is 4.79 Å². The standard InChI is InChI=1S/C15H15N3O3S/c1-20-15(19)18-14(22)17-13-9-11(7-8-12(13)16)21-10-5-3-2-4-6-10/h2-9H,16H2,1H3,(H2,17,18,19,22). The molecule has 0 aliphatic rings. The number of ether oxygens (including phenoxy) is 2. The van der Waals surface area contributed by atoms with Gasteiger partial charge in [-0.15, -0.1) is 0 Å². The van der Waals surface area contributed by atoms with E-state index in [0.717, 1.165) is 0 Å². The maximum absolute atomic E-state index is 11.1. The van der Waals surface area contributed by atoms with Gasteiger partial charge in [0.1, 0.15) is 11.5 Å². The molecule has 2 aromatic carbocycles. The average Bonchev–Trinajstić information content (AvgIpc) is 2.51. The minimum absolute atomic E-state index is 0.0791. The van der Waals surface area contributed by atoms with Crippen molar-refractivity contribution in [3.8, 4) is 11.5 Å². The van der Waals surface area contributed by atoms with Gasteiger partial charge in [-0.3, -0.25) is 5.32 Å². The van der Waals surface area contributed by atoms with Gasteiger partial charge in [0.15, 0.2) is 5.11 Å². The molecule has 0 atom stereocenters. The number of anilines is 2. The van der Waals surface area contributed by atoms with Crippen LogP contribution in [0.5, 0.6) is 11.5 Å². The third-order valence-corrected chi connectivity index (χ3v) is 2.86. The number of thiocarbonyl (C=S) groups is 1. The van der Waals surface area contributed by atoms with Gasteiger partial charge in [-0.2, -0.15) is 0 Å². The molecule has 0 fully saturated rings. The topological polar surface area (TPSA) is 85.6 Å². The molecule has 22 heavy (non-hydrogen) atoms. The largest absolute Gasteiger partial charge is 0.457 e. The maximum atomic E-state index is 11.1. The van der Waals surface area contributed by atoms with E-state index in [4.69, 9.17) is 22.7 Å². The van der Waals surface area contributed by atoms with E-state index in [2.05, 4.69) is 15.4 Å². The highest BCUT2D eigenvalue weighted by Gasteiger charge is 2.07. The van der Waals surface area contributed by atoms with E-state index in [0.29, 0.717) is 22.9 Å². The van der Waals surface area contributed by atoms with Crippen molar-refractivity contribution >= 4 is 34.8 Å². The lowest BCUT2D eigenvalue weighted by Crippen LogP contribution is -2.34. The number of hydrogen-bond acceptors (Lipinski definition) is 5. The van der Waals surface area contributed by atoms with E-state index < -0.39 is 6.09 Å². The van der Waals surface area contributed by atoms with Crippen molar-refractivity contribution in [2.24, 2.45) is 0 Å². The summed E-state index contributed by atoms with van der Waals surface area (Å²) in [6.45, 7) is 0. The fourth-order valence-electron chi connectivity index (χ4n) is 1.63. The first kappa shape index (κ1) is 15.6. The Bertz CT molecular complexity index is 677. The van der Waals surface area contributed by atoms with Crippen LogP contribution in [0.15, 0.2) is 48.5 Å². The van der Waals surface area contributed by atoms with Crippen molar-refractivity contribution in [3.05, 3.63) is 48.5 Å². The molecule has 0 spiro atoms. The van der Waals surface area contributed by atoms with Crippen LogP contribution in [0.25, 0.3) is 0 Å². The number of nitrogens with two attached hydrogens (primary N) is 1. The average molecular weight is 317 g/mol. The Balaban J connectivity index is 2.10. The van der Waals surface area contributed by atoms with Crippen molar-refractivity contribution in [3.63, 3.8) is 0 Å². The van der Waals surface area contributed by atoms with Gasteiger partial charge < -0.3 is 20.5 Å². The highest BCUT2D eigenvalue weighted by atomic mass is 32.1. The van der Waals surface area contributed by atoms with Crippen LogP contribution >= 0.6 is 12.2 Å². The molecule has 2 aromatic rings. The molecule has 0 aromatic heterocycles. The van der Waals surface area contributed by atoms with Crippen molar-refractivity contribution in [1.29, 1.82) is 0 Å². The summed E-state index contributed by atoms with van der Waals surface area (Å²) in [5.74, 6) is 1.29. The smallest absolute Gasteiger partial charge is 0.413 e. The first-order chi connectivity index (χ1) is 10.6. The molecule has 0 aliphatic heterocycles. The SMILES string of the molecule is COC(=O)NC(=S)Nc1cc(Oc2ccccc2)ccc1N. The minimum Gasteiger partial charge on any atom is -0.457 e. The molecule has 7 heteroatoms. The van der Waals surface area contributed by atoms with Crippen LogP contribution in [0.1, 0.15) is 0 Å². The molecule has 0 radical (unpaired) electrons. The number of alkyl carbamates (subject to hydrolysis) is 1. The first-order valence-electron chi connectivity index (χ1n) is 6.37. The van der Waals surface area contributed by atoms with Crippen LogP contribution in [-0.4, -0.2) is 18.3 Å². The lowest BCUT2D eigenvalue weighted by Gasteiger charge is -2.13. The van der Waals surface area contributed by atoms with Crippen LogP contribution in [-0.2, 0) is 4.74 Å². The van der Waals surface area contributed by atoms with Gasteiger partial charge in [0, 0.05) is 6.07 Å². The Morgan fingerprint density at radius 1 is 1.14 bits per heavy atom. The Morgan fingerprint density at radius 2 is 1.86 bits per heavy atom. The number of benzene rings is 2. The molecular weight excluding hydrogens is 302 g/mol. The minimum atomic E-state index is -0.659. The molecule has 4 N–H and O–H groups in total. The van der Waals surface area contributed by atoms with Crippen molar-refractivity contribution in [1.82, 2.24) is 5.32 Å². The molecule has 0 unspecified atom stereocenters. The number of carbonyl (C=O) groups excluding carboxylic acids is 1. The van der Waals surface area contributed by atoms with E-state index in [1.165, 1.54) is 7.11 Å². The van der Waals surface area contributed by atoms with E-state index in [-0.39, 0.29) is 5.11 Å². The maximum Gasteiger partial charge on any atom is 0.413 e. The summed E-state index contributed by atoms with van der Waals surface area (Å²) in [4.78, 5) is 11.1. The number of nitrogen functional groups attached to an aromatic ring is 1. The fourth-order valence-corrected chi connectivity index (χ4v) is 1.82. The summed E-state index contributed by atoms with van der Waals surface area (Å²) < 4.78 is 10.2. The molecule has 114 valence electrons. The van der Waals surface area contributed by atoms with Gasteiger partial charge in [0.25, 0.3) is 0 Å². The normalized spacial score (nSPS) is 9.68. The van der Waals surface area contributed by atoms with Crippen LogP contribution in [0.3, 0.4) is 0 Å². The van der Waals surface area contributed by atoms with Gasteiger partial charge >= 0.3 is 6.09 Å². The monoisotopic (exact) mass is 317 g/mol. The Kier molecular flexibility index (Phi) is 5.16. The predicted molar refractivity (Wildman–Crippen MR) is 89.1 cm³/mol. The number of carbonyl (C=O) groups is 1. The number of nitrogens with one attached hydrogen (secondary N) is 2. The number of hydrogen-bond donors (Lipinski definition) is 3. The molecule has 0 bridgehead atoms. The molecule has 0 saturated heterocycles. The van der Waals surface area contributed by atoms with Crippen molar-refractivity contribution in [2.75, 3.05) is 18.2 Å². The molecule has 1 amide bonds. The summed E-state index contributed by atoms with van der Waals surface area (Å²) in [6, 6.07) is 14.4. The van der Waals surface area contributed by atoms with E-state index >= 15 is 0 Å². The second-order valence-corrected chi connectivity index (χ2v) is 4.64. The first-order valence-corrected chi connectivity index (χ1v) is 6.77. The summed E-state index contributed by atoms with van der Waals surface area (Å²) in [6.07, 6.45) is -0.659. The zero-order valence-electron chi connectivity index (χ0n) is 11.8. The lowest BCUT2D eigenvalue weighted by atomic mass is 10.2. The number of methoxy groups -OCH3 is 1. The highest BCUT2D eigenvalue weighted by Crippen LogP contribution is 2.28. The fraction of sp³-hybridized carbons (Fsp3) is 0.0667. The van der Waals surface area contributed by atoms with Gasteiger partial charge in [0.05, 0.1) is 18.5 Å². The van der Waals surface area contributed by atoms with Gasteiger partial charge in [-0.1, -0.05) is 18.2 Å². The quantitative estimate of drug-likeness (QED) is 0.596. The third-order valence-electron chi connectivity index (χ3n) is 2.65. The Labute approximate surface area is 133 Å². The van der Waals surface area contributed by atoms with Crippen LogP contribution in [0, 0.1) is 0 Å². The third kappa shape index (κ3) is 4.35. The zero-order valence-corrected chi connectivity index (χ0v) is 12.6. The molecule has 0 aliphatic carbocycles. The molecule has 0 saturated carbocycles. The molecule has 0 heterocycles. The number of rotatable bonds is 3. The number of amides is 1. The van der Waals surface area contributed by atoms with Crippen LogP contribution in [0.2, 0.25) is 0 Å². The zero-order chi connectivity index (χ0) is 15.9. The number of para-hydroxylation sites is 1. The molecular formula is C15H15N3O3S. The summed E-state index contributed by atoms with van der Waals surface area (Å²) >= 11 is 4.99. The second kappa shape index (κ2) is 7.28. The van der Waals surface area contributed by atoms with Crippen LogP contribution in [0.4, 0.5) is 16.2 Å². The summed E-state index contributed by atoms with van der Waals surface area (Å²) in [7, 11) is 1.25. The van der Waals surface area contributed by atoms with E-state index in [9.17, 15) is 4.79 Å². The summed E-state index contributed by atoms with van der Waals surface area (Å²) in [5, 5.41) is 5.23. The van der Waals surface area contributed by atoms with Crippen LogP contribution < -0.4 is 21.1 Å². The molecule has 2 rings (SSSR count). The summed E-state index contributed by atoms with van der Waals surface area (Å²) in [5.41, 5.74) is 6.86. The van der Waals surface area contributed by atoms with E-state index in [1.54, 1.807) is 18.2 Å². The second-order valence-electron chi connectivity index (χ2n) is 4.23. The highest BCUT2D eigenvalue weighted by molar-refractivity contribution is 7.80. The lowest BCUT2D eigenvalue weighted by molar-refractivity contribution is 0.177. The van der Waals surface area contributed by atoms with Crippen molar-refractivity contribution in [2.45, 2.75) is 0 Å². The van der Waals surface area contributed by atoms with Gasteiger partial charge in [-0.05, 0) is 36.5 Å². The Morgan fingerprint density at radius 3 is 2.55 bits per heavy atom. The van der Waals surface area contributed by atoms with Crippen molar-refractivity contribution < 1.29 is 14.3 Å². The van der Waals surface area contributed by atoms with Gasteiger partial charge in [0.2, 0.25) is 0 Å². The predicted octanol–water partition coefficient (Wildman–Crippen LogP) is 3.11. The molecule has 6 nitrogen and oxygen atoms in total. The Hall–Kier alpha value is -2.80.